The molecular weight excluding hydrogens is 569 g/mol. The summed E-state index contributed by atoms with van der Waals surface area (Å²) < 4.78 is 36.2. The molecule has 1 aliphatic heterocycles. The van der Waals surface area contributed by atoms with Crippen LogP contribution in [0.2, 0.25) is 0 Å². The van der Waals surface area contributed by atoms with Gasteiger partial charge in [0.2, 0.25) is 5.92 Å². The number of fused-ring (bicyclic) bond motifs is 1. The van der Waals surface area contributed by atoms with Gasteiger partial charge in [-0.05, 0) is 13.0 Å². The van der Waals surface area contributed by atoms with Crippen molar-refractivity contribution in [3.8, 4) is 0 Å². The Labute approximate surface area is 213 Å². The molecule has 0 aliphatic carbocycles. The minimum atomic E-state index is -2.55. The van der Waals surface area contributed by atoms with Gasteiger partial charge in [-0.3, -0.25) is 4.90 Å². The summed E-state index contributed by atoms with van der Waals surface area (Å²) in [5.41, 5.74) is 4.73. The summed E-state index contributed by atoms with van der Waals surface area (Å²) in [4.78, 5) is 13.7. The van der Waals surface area contributed by atoms with E-state index in [4.69, 9.17) is 0 Å². The number of likely N-dealkylation sites (tertiary alicyclic amines) is 1. The normalized spacial score (nSPS) is 17.6. The molecule has 4 heterocycles. The van der Waals surface area contributed by atoms with Gasteiger partial charge in [-0.25, -0.2) is 8.78 Å². The van der Waals surface area contributed by atoms with Crippen molar-refractivity contribution >= 4 is 33.6 Å². The van der Waals surface area contributed by atoms with Gasteiger partial charge in [0.05, 0.1) is 0 Å². The Morgan fingerprint density at radius 2 is 2.18 bits per heavy atom. The number of allylic oxidation sites excluding steroid dienone is 3. The van der Waals surface area contributed by atoms with Crippen LogP contribution in [0.3, 0.4) is 0 Å². The molecule has 0 aromatic carbocycles. The molecule has 34 heavy (non-hydrogen) atoms. The number of anilines is 2. The van der Waals surface area contributed by atoms with E-state index in [1.54, 1.807) is 0 Å². The first kappa shape index (κ1) is 25.2. The zero-order valence-electron chi connectivity index (χ0n) is 19.7. The van der Waals surface area contributed by atoms with E-state index in [2.05, 4.69) is 57.0 Å². The van der Waals surface area contributed by atoms with Crippen LogP contribution in [0.25, 0.3) is 11.2 Å². The molecular formula is C24H30F2IN6S-. The topological polar surface area (TPSA) is 58.4 Å². The van der Waals surface area contributed by atoms with Crippen molar-refractivity contribution in [2.75, 3.05) is 23.3 Å². The number of alkyl halides is 3. The molecule has 184 valence electrons. The van der Waals surface area contributed by atoms with E-state index in [1.165, 1.54) is 11.5 Å². The molecule has 1 aliphatic rings. The molecule has 0 unspecified atom stereocenters. The van der Waals surface area contributed by atoms with Crippen molar-refractivity contribution in [2.45, 2.75) is 52.0 Å². The molecule has 1 saturated heterocycles. The SMILES string of the molecule is CC/C=C(\C=C\[I-]C)c1cnc2c(Nc3cc(CN4CCCC(F)(F)CC4)ns3)nc(C)cn12. The number of halogens is 3. The number of nitrogens with zero attached hydrogens (tertiary/aromatic N) is 5. The number of imidazole rings is 1. The van der Waals surface area contributed by atoms with Crippen LogP contribution >= 0.6 is 11.5 Å². The van der Waals surface area contributed by atoms with Gasteiger partial charge < -0.3 is 0 Å². The van der Waals surface area contributed by atoms with Crippen molar-refractivity contribution in [3.63, 3.8) is 0 Å². The number of hydrogen-bond donors (Lipinski definition) is 1. The van der Waals surface area contributed by atoms with Gasteiger partial charge in [-0.15, -0.1) is 0 Å². The van der Waals surface area contributed by atoms with Crippen LogP contribution < -0.4 is 26.5 Å². The molecule has 3 aromatic heterocycles. The van der Waals surface area contributed by atoms with Gasteiger partial charge in [0.1, 0.15) is 0 Å². The van der Waals surface area contributed by atoms with E-state index in [-0.39, 0.29) is 34.0 Å². The van der Waals surface area contributed by atoms with Crippen LogP contribution in [0.5, 0.6) is 0 Å². The van der Waals surface area contributed by atoms with Crippen LogP contribution in [-0.4, -0.2) is 47.6 Å². The summed E-state index contributed by atoms with van der Waals surface area (Å²) in [5.74, 6) is -1.87. The number of nitrogens with one attached hydrogen (secondary N) is 1. The van der Waals surface area contributed by atoms with Crippen molar-refractivity contribution in [1.29, 1.82) is 0 Å². The average molecular weight is 600 g/mol. The van der Waals surface area contributed by atoms with Crippen molar-refractivity contribution in [2.24, 2.45) is 0 Å². The van der Waals surface area contributed by atoms with E-state index in [0.29, 0.717) is 31.9 Å². The summed E-state index contributed by atoms with van der Waals surface area (Å²) in [7, 11) is 0. The van der Waals surface area contributed by atoms with Crippen LogP contribution in [0.15, 0.2) is 34.7 Å². The molecule has 0 saturated carbocycles. The molecule has 0 bridgehead atoms. The average Bonchev–Trinajstić information content (AvgIpc) is 3.37. The van der Waals surface area contributed by atoms with E-state index in [1.807, 2.05) is 25.4 Å². The second-order valence-electron chi connectivity index (χ2n) is 8.44. The monoisotopic (exact) mass is 599 g/mol. The standard InChI is InChI=1S/C24H30F2IN6S/c1-4-6-18(7-10-27-3)20-14-28-23-22(29-17(2)15-33(20)23)30-21-13-19(31-34-21)16-32-11-5-8-24(25,26)9-12-32/h6-7,10,13-15H,4-5,8-9,11-12,16H2,1-3H3,(H,29,30)/q-1/b10-7+,18-6+. The second kappa shape index (κ2) is 11.2. The number of rotatable bonds is 8. The Morgan fingerprint density at radius 1 is 1.32 bits per heavy atom. The predicted octanol–water partition coefficient (Wildman–Crippen LogP) is 2.88. The van der Waals surface area contributed by atoms with Gasteiger partial charge >= 0.3 is 162 Å². The zero-order valence-corrected chi connectivity index (χ0v) is 22.7. The Kier molecular flexibility index (Phi) is 8.30. The van der Waals surface area contributed by atoms with Crippen molar-refractivity contribution in [3.05, 3.63) is 51.8 Å². The first-order valence-electron chi connectivity index (χ1n) is 11.4. The maximum atomic E-state index is 13.7. The molecule has 0 atom stereocenters. The third-order valence-corrected chi connectivity index (χ3v) is 7.52. The molecule has 0 amide bonds. The Morgan fingerprint density at radius 3 is 2.97 bits per heavy atom. The van der Waals surface area contributed by atoms with E-state index < -0.39 is 5.92 Å². The molecule has 1 fully saturated rings. The van der Waals surface area contributed by atoms with Crippen LogP contribution in [-0.2, 0) is 6.54 Å². The zero-order chi connectivity index (χ0) is 24.1. The fourth-order valence-electron chi connectivity index (χ4n) is 4.08. The van der Waals surface area contributed by atoms with E-state index in [9.17, 15) is 8.78 Å². The molecule has 10 heteroatoms. The first-order chi connectivity index (χ1) is 16.4. The van der Waals surface area contributed by atoms with Crippen LogP contribution in [0.4, 0.5) is 19.6 Å². The number of hydrogen-bond acceptors (Lipinski definition) is 6. The molecule has 3 aromatic rings. The van der Waals surface area contributed by atoms with E-state index in [0.717, 1.165) is 39.7 Å². The van der Waals surface area contributed by atoms with Gasteiger partial charge in [0.15, 0.2) is 0 Å². The molecule has 0 spiro atoms. The Bertz CT molecular complexity index is 1190. The summed E-state index contributed by atoms with van der Waals surface area (Å²) in [6.45, 7) is 5.76. The number of aromatic nitrogens is 4. The second-order valence-corrected chi connectivity index (χ2v) is 11.2. The summed E-state index contributed by atoms with van der Waals surface area (Å²) >= 11 is 1.41. The minimum absolute atomic E-state index is 0.0281. The first-order valence-corrected chi connectivity index (χ1v) is 15.6. The third kappa shape index (κ3) is 6.19. The fraction of sp³-hybridized carbons (Fsp3) is 0.458. The summed E-state index contributed by atoms with van der Waals surface area (Å²) in [5, 5.41) is 4.25. The van der Waals surface area contributed by atoms with Crippen molar-refractivity contribution in [1.82, 2.24) is 23.6 Å². The quantitative estimate of drug-likeness (QED) is 0.245. The van der Waals surface area contributed by atoms with Gasteiger partial charge in [0, 0.05) is 19.4 Å². The van der Waals surface area contributed by atoms with Crippen LogP contribution in [0, 0.1) is 6.92 Å². The van der Waals surface area contributed by atoms with E-state index >= 15 is 0 Å². The van der Waals surface area contributed by atoms with Crippen molar-refractivity contribution < 1.29 is 30.0 Å². The molecule has 1 N–H and O–H groups in total. The maximum absolute atomic E-state index is 13.7. The third-order valence-electron chi connectivity index (χ3n) is 5.70. The number of aryl methyl sites for hydroxylation is 1. The van der Waals surface area contributed by atoms with Crippen LogP contribution in [0.1, 0.15) is 49.7 Å². The van der Waals surface area contributed by atoms with Gasteiger partial charge in [0.25, 0.3) is 0 Å². The van der Waals surface area contributed by atoms with Gasteiger partial charge in [-0.1, -0.05) is 0 Å². The Hall–Kier alpha value is -1.92. The fourth-order valence-corrected chi connectivity index (χ4v) is 5.49. The summed E-state index contributed by atoms with van der Waals surface area (Å²) in [6.07, 6.45) is 9.66. The molecule has 0 radical (unpaired) electrons. The molecule has 4 rings (SSSR count). The summed E-state index contributed by atoms with van der Waals surface area (Å²) in [6, 6.07) is 1.98. The van der Waals surface area contributed by atoms with Gasteiger partial charge in [-0.2, -0.15) is 0 Å². The molecule has 6 nitrogen and oxygen atoms in total. The Balaban J connectivity index is 1.54. The predicted molar refractivity (Wildman–Crippen MR) is 131 cm³/mol.